The Bertz CT molecular complexity index is 446. The minimum Gasteiger partial charge on any atom is -0.370 e. The van der Waals surface area contributed by atoms with Crippen LogP contribution in [0.1, 0.15) is 43.0 Å². The molecule has 5 heteroatoms. The van der Waals surface area contributed by atoms with Crippen molar-refractivity contribution in [3.05, 3.63) is 22.8 Å². The van der Waals surface area contributed by atoms with Crippen molar-refractivity contribution in [2.45, 2.75) is 32.6 Å². The molecule has 0 saturated heterocycles. The maximum atomic E-state index is 12.0. The zero-order chi connectivity index (χ0) is 13.7. The Morgan fingerprint density at radius 1 is 1.47 bits per heavy atom. The first-order valence-electron chi connectivity index (χ1n) is 6.88. The number of anilines is 1. The first-order valence-corrected chi connectivity index (χ1v) is 7.26. The number of carbonyl (C=O) groups is 1. The van der Waals surface area contributed by atoms with Crippen LogP contribution in [0.3, 0.4) is 0 Å². The number of hydrogen-bond donors (Lipinski definition) is 2. The van der Waals surface area contributed by atoms with E-state index in [4.69, 9.17) is 11.6 Å². The van der Waals surface area contributed by atoms with Gasteiger partial charge in [-0.2, -0.15) is 0 Å². The molecule has 1 aromatic heterocycles. The summed E-state index contributed by atoms with van der Waals surface area (Å²) in [5.41, 5.74) is 0.568. The zero-order valence-electron chi connectivity index (χ0n) is 11.2. The quantitative estimate of drug-likeness (QED) is 0.788. The van der Waals surface area contributed by atoms with Crippen LogP contribution in [0.15, 0.2) is 12.1 Å². The number of nitrogens with zero attached hydrogens (tertiary/aromatic N) is 1. The lowest BCUT2D eigenvalue weighted by Crippen LogP contribution is -2.32. The molecule has 1 aliphatic carbocycles. The number of halogens is 1. The molecule has 0 radical (unpaired) electrons. The number of rotatable bonds is 6. The molecule has 0 spiro atoms. The molecule has 104 valence electrons. The second-order valence-electron chi connectivity index (χ2n) is 5.00. The molecule has 0 atom stereocenters. The third kappa shape index (κ3) is 4.10. The van der Waals surface area contributed by atoms with Gasteiger partial charge in [-0.15, -0.1) is 0 Å². The van der Waals surface area contributed by atoms with Gasteiger partial charge in [0, 0.05) is 18.7 Å². The van der Waals surface area contributed by atoms with Gasteiger partial charge in [0.05, 0.1) is 0 Å². The van der Waals surface area contributed by atoms with Crippen LogP contribution in [0.5, 0.6) is 0 Å². The number of nitrogens with one attached hydrogen (secondary N) is 2. The van der Waals surface area contributed by atoms with Gasteiger partial charge < -0.3 is 10.6 Å². The Morgan fingerprint density at radius 2 is 2.26 bits per heavy atom. The molecule has 1 saturated carbocycles. The summed E-state index contributed by atoms with van der Waals surface area (Å²) in [7, 11) is 0. The van der Waals surface area contributed by atoms with Crippen molar-refractivity contribution in [3.8, 4) is 0 Å². The fraction of sp³-hybridized carbons (Fsp3) is 0.571. The van der Waals surface area contributed by atoms with Gasteiger partial charge in [0.15, 0.2) is 0 Å². The van der Waals surface area contributed by atoms with Crippen molar-refractivity contribution >= 4 is 23.3 Å². The van der Waals surface area contributed by atoms with E-state index < -0.39 is 0 Å². The molecule has 0 aromatic carbocycles. The molecule has 1 heterocycles. The van der Waals surface area contributed by atoms with Gasteiger partial charge in [-0.25, -0.2) is 4.98 Å². The summed E-state index contributed by atoms with van der Waals surface area (Å²) in [6.07, 6.45) is 4.73. The molecular formula is C14H20ClN3O. The molecule has 4 nitrogen and oxygen atoms in total. The number of hydrogen-bond acceptors (Lipinski definition) is 3. The van der Waals surface area contributed by atoms with E-state index in [9.17, 15) is 4.79 Å². The van der Waals surface area contributed by atoms with Gasteiger partial charge in [0.1, 0.15) is 11.0 Å². The van der Waals surface area contributed by atoms with Gasteiger partial charge in [0.25, 0.3) is 5.91 Å². The van der Waals surface area contributed by atoms with E-state index in [-0.39, 0.29) is 5.91 Å². The fourth-order valence-corrected chi connectivity index (χ4v) is 2.22. The number of carbonyl (C=O) groups excluding carboxylic acids is 1. The highest BCUT2D eigenvalue weighted by molar-refractivity contribution is 6.29. The van der Waals surface area contributed by atoms with E-state index in [0.29, 0.717) is 22.5 Å². The Kier molecular flexibility index (Phi) is 5.02. The SMILES string of the molecule is CCCNc1cc(C(=O)NCC2CCC2)cc(Cl)n1. The van der Waals surface area contributed by atoms with Crippen LogP contribution in [0.4, 0.5) is 5.82 Å². The minimum absolute atomic E-state index is 0.0734. The lowest BCUT2D eigenvalue weighted by molar-refractivity contribution is 0.0939. The largest absolute Gasteiger partial charge is 0.370 e. The fourth-order valence-electron chi connectivity index (χ4n) is 2.01. The van der Waals surface area contributed by atoms with Gasteiger partial charge in [0.2, 0.25) is 0 Å². The van der Waals surface area contributed by atoms with Crippen molar-refractivity contribution in [2.24, 2.45) is 5.92 Å². The Hall–Kier alpha value is -1.29. The second-order valence-corrected chi connectivity index (χ2v) is 5.38. The molecule has 0 aliphatic heterocycles. The average Bonchev–Trinajstić information content (AvgIpc) is 2.33. The van der Waals surface area contributed by atoms with E-state index >= 15 is 0 Å². The summed E-state index contributed by atoms with van der Waals surface area (Å²) in [5.74, 6) is 1.23. The Morgan fingerprint density at radius 3 is 2.89 bits per heavy atom. The summed E-state index contributed by atoms with van der Waals surface area (Å²) in [6.45, 7) is 3.65. The second kappa shape index (κ2) is 6.75. The first kappa shape index (κ1) is 14.1. The summed E-state index contributed by atoms with van der Waals surface area (Å²) in [4.78, 5) is 16.2. The van der Waals surface area contributed by atoms with Crippen LogP contribution >= 0.6 is 11.6 Å². The standard InChI is InChI=1S/C14H20ClN3O/c1-2-6-16-13-8-11(7-12(15)18-13)14(19)17-9-10-4-3-5-10/h7-8,10H,2-6,9H2,1H3,(H,16,18)(H,17,19). The predicted molar refractivity (Wildman–Crippen MR) is 77.7 cm³/mol. The van der Waals surface area contributed by atoms with Gasteiger partial charge in [-0.1, -0.05) is 24.9 Å². The summed E-state index contributed by atoms with van der Waals surface area (Å²) in [6, 6.07) is 3.35. The maximum Gasteiger partial charge on any atom is 0.251 e. The molecule has 1 aromatic rings. The minimum atomic E-state index is -0.0734. The van der Waals surface area contributed by atoms with E-state index in [1.807, 2.05) is 0 Å². The van der Waals surface area contributed by atoms with Gasteiger partial charge in [-0.3, -0.25) is 4.79 Å². The van der Waals surface area contributed by atoms with Crippen molar-refractivity contribution in [1.82, 2.24) is 10.3 Å². The normalized spacial score (nSPS) is 14.8. The summed E-state index contributed by atoms with van der Waals surface area (Å²) >= 11 is 5.94. The van der Waals surface area contributed by atoms with Gasteiger partial charge >= 0.3 is 0 Å². The summed E-state index contributed by atoms with van der Waals surface area (Å²) in [5, 5.41) is 6.44. The van der Waals surface area contributed by atoms with E-state index in [2.05, 4.69) is 22.5 Å². The van der Waals surface area contributed by atoms with Crippen molar-refractivity contribution < 1.29 is 4.79 Å². The predicted octanol–water partition coefficient (Wildman–Crippen LogP) is 3.09. The summed E-state index contributed by atoms with van der Waals surface area (Å²) < 4.78 is 0. The Balaban J connectivity index is 1.96. The lowest BCUT2D eigenvalue weighted by atomic mass is 9.85. The molecule has 0 bridgehead atoms. The van der Waals surface area contributed by atoms with Crippen LogP contribution in [-0.4, -0.2) is 24.0 Å². The maximum absolute atomic E-state index is 12.0. The molecule has 0 unspecified atom stereocenters. The molecule has 1 amide bonds. The Labute approximate surface area is 118 Å². The number of amides is 1. The van der Waals surface area contributed by atoms with Gasteiger partial charge in [-0.05, 0) is 37.3 Å². The lowest BCUT2D eigenvalue weighted by Gasteiger charge is -2.25. The third-order valence-corrected chi connectivity index (χ3v) is 3.58. The van der Waals surface area contributed by atoms with Crippen LogP contribution in [0.2, 0.25) is 5.15 Å². The number of pyridine rings is 1. The van der Waals surface area contributed by atoms with E-state index in [1.54, 1.807) is 12.1 Å². The number of aromatic nitrogens is 1. The average molecular weight is 282 g/mol. The molecule has 1 aliphatic rings. The third-order valence-electron chi connectivity index (χ3n) is 3.39. The molecule has 2 N–H and O–H groups in total. The van der Waals surface area contributed by atoms with Crippen LogP contribution in [0, 0.1) is 5.92 Å². The van der Waals surface area contributed by atoms with Crippen LogP contribution in [0.25, 0.3) is 0 Å². The zero-order valence-corrected chi connectivity index (χ0v) is 12.0. The molecular weight excluding hydrogens is 262 g/mol. The highest BCUT2D eigenvalue weighted by atomic mass is 35.5. The van der Waals surface area contributed by atoms with Crippen LogP contribution < -0.4 is 10.6 Å². The van der Waals surface area contributed by atoms with Crippen molar-refractivity contribution in [1.29, 1.82) is 0 Å². The first-order chi connectivity index (χ1) is 9.19. The van der Waals surface area contributed by atoms with Crippen molar-refractivity contribution in [3.63, 3.8) is 0 Å². The molecule has 1 fully saturated rings. The highest BCUT2D eigenvalue weighted by Crippen LogP contribution is 2.25. The van der Waals surface area contributed by atoms with E-state index in [1.165, 1.54) is 19.3 Å². The van der Waals surface area contributed by atoms with Crippen molar-refractivity contribution in [2.75, 3.05) is 18.4 Å². The highest BCUT2D eigenvalue weighted by Gasteiger charge is 2.18. The molecule has 19 heavy (non-hydrogen) atoms. The topological polar surface area (TPSA) is 54.0 Å². The van der Waals surface area contributed by atoms with Crippen LogP contribution in [-0.2, 0) is 0 Å². The smallest absolute Gasteiger partial charge is 0.251 e. The monoisotopic (exact) mass is 281 g/mol. The molecule has 2 rings (SSSR count). The van der Waals surface area contributed by atoms with E-state index in [0.717, 1.165) is 19.5 Å².